The Morgan fingerprint density at radius 1 is 1.06 bits per heavy atom. The van der Waals surface area contributed by atoms with Crippen LogP contribution < -0.4 is 0 Å². The van der Waals surface area contributed by atoms with Crippen molar-refractivity contribution in [1.82, 2.24) is 9.21 Å². The zero-order valence-electron chi connectivity index (χ0n) is 10.3. The van der Waals surface area contributed by atoms with Gasteiger partial charge in [0.05, 0.1) is 12.2 Å². The molecule has 0 unspecified atom stereocenters. The van der Waals surface area contributed by atoms with Gasteiger partial charge < -0.3 is 4.90 Å². The molecule has 0 bridgehead atoms. The summed E-state index contributed by atoms with van der Waals surface area (Å²) in [5, 5.41) is 0. The zero-order chi connectivity index (χ0) is 12.5. The lowest BCUT2D eigenvalue weighted by atomic mass is 10.0. The molecule has 5 nitrogen and oxygen atoms in total. The number of sulfonamides is 1. The standard InChI is InChI=1S/C11H20N2O3S/c1-17(15,16)13-8-10(9-13)11(14)12-6-4-2-3-5-7-12/h10H,2-9H2,1H3. The van der Waals surface area contributed by atoms with Crippen LogP contribution in [0.3, 0.4) is 0 Å². The quantitative estimate of drug-likeness (QED) is 0.716. The largest absolute Gasteiger partial charge is 0.342 e. The fourth-order valence-electron chi connectivity index (χ4n) is 2.41. The van der Waals surface area contributed by atoms with E-state index >= 15 is 0 Å². The first-order valence-corrected chi connectivity index (χ1v) is 8.07. The van der Waals surface area contributed by atoms with Crippen molar-refractivity contribution in [2.75, 3.05) is 32.4 Å². The Hall–Kier alpha value is -0.620. The highest BCUT2D eigenvalue weighted by Gasteiger charge is 2.39. The van der Waals surface area contributed by atoms with Crippen LogP contribution in [0.1, 0.15) is 25.7 Å². The van der Waals surface area contributed by atoms with Crippen LogP contribution in [0.15, 0.2) is 0 Å². The average molecular weight is 260 g/mol. The molecule has 17 heavy (non-hydrogen) atoms. The van der Waals surface area contributed by atoms with Gasteiger partial charge in [0.15, 0.2) is 0 Å². The first-order valence-electron chi connectivity index (χ1n) is 6.22. The van der Waals surface area contributed by atoms with Gasteiger partial charge in [-0.05, 0) is 12.8 Å². The minimum Gasteiger partial charge on any atom is -0.342 e. The van der Waals surface area contributed by atoms with E-state index in [0.717, 1.165) is 25.9 Å². The molecule has 0 saturated carbocycles. The van der Waals surface area contributed by atoms with Crippen LogP contribution in [0.4, 0.5) is 0 Å². The third-order valence-corrected chi connectivity index (χ3v) is 4.82. The second-order valence-corrected chi connectivity index (χ2v) is 7.00. The van der Waals surface area contributed by atoms with Gasteiger partial charge >= 0.3 is 0 Å². The van der Waals surface area contributed by atoms with Crippen molar-refractivity contribution in [3.8, 4) is 0 Å². The van der Waals surface area contributed by atoms with Gasteiger partial charge in [0.1, 0.15) is 0 Å². The molecule has 2 aliphatic heterocycles. The number of nitrogens with zero attached hydrogens (tertiary/aromatic N) is 2. The Labute approximate surface area is 103 Å². The highest BCUT2D eigenvalue weighted by molar-refractivity contribution is 7.88. The van der Waals surface area contributed by atoms with Crippen LogP contribution in [-0.2, 0) is 14.8 Å². The maximum absolute atomic E-state index is 12.1. The first-order chi connectivity index (χ1) is 7.98. The van der Waals surface area contributed by atoms with Gasteiger partial charge in [-0.25, -0.2) is 12.7 Å². The van der Waals surface area contributed by atoms with Gasteiger partial charge in [-0.1, -0.05) is 12.8 Å². The van der Waals surface area contributed by atoms with E-state index in [1.165, 1.54) is 23.4 Å². The van der Waals surface area contributed by atoms with Gasteiger partial charge in [-0.2, -0.15) is 0 Å². The molecule has 0 aromatic heterocycles. The average Bonchev–Trinajstić information content (AvgIpc) is 2.40. The summed E-state index contributed by atoms with van der Waals surface area (Å²) in [5.74, 6) is 0.0367. The molecule has 2 fully saturated rings. The molecule has 0 aromatic rings. The predicted octanol–water partition coefficient (Wildman–Crippen LogP) is 0.280. The molecular weight excluding hydrogens is 240 g/mol. The van der Waals surface area contributed by atoms with Crippen molar-refractivity contribution < 1.29 is 13.2 Å². The van der Waals surface area contributed by atoms with Crippen LogP contribution in [0.5, 0.6) is 0 Å². The Balaban J connectivity index is 1.86. The smallest absolute Gasteiger partial charge is 0.228 e. The SMILES string of the molecule is CS(=O)(=O)N1CC(C(=O)N2CCCCCC2)C1. The van der Waals surface area contributed by atoms with E-state index < -0.39 is 10.0 Å². The van der Waals surface area contributed by atoms with E-state index in [0.29, 0.717) is 13.1 Å². The molecule has 6 heteroatoms. The van der Waals surface area contributed by atoms with Crippen LogP contribution >= 0.6 is 0 Å². The molecule has 0 aliphatic carbocycles. The second-order valence-electron chi connectivity index (χ2n) is 5.02. The fraction of sp³-hybridized carbons (Fsp3) is 0.909. The summed E-state index contributed by atoms with van der Waals surface area (Å²) < 4.78 is 23.8. The Morgan fingerprint density at radius 3 is 2.06 bits per heavy atom. The molecule has 0 N–H and O–H groups in total. The molecule has 0 radical (unpaired) electrons. The minimum absolute atomic E-state index is 0.108. The fourth-order valence-corrected chi connectivity index (χ4v) is 3.32. The summed E-state index contributed by atoms with van der Waals surface area (Å²) in [5.41, 5.74) is 0. The summed E-state index contributed by atoms with van der Waals surface area (Å²) >= 11 is 0. The molecule has 2 saturated heterocycles. The van der Waals surface area contributed by atoms with E-state index in [-0.39, 0.29) is 11.8 Å². The molecule has 1 amide bonds. The summed E-state index contributed by atoms with van der Waals surface area (Å²) in [6.07, 6.45) is 5.75. The third kappa shape index (κ3) is 2.98. The van der Waals surface area contributed by atoms with Crippen molar-refractivity contribution >= 4 is 15.9 Å². The molecule has 0 spiro atoms. The minimum atomic E-state index is -3.11. The first kappa shape index (κ1) is 12.8. The van der Waals surface area contributed by atoms with Crippen LogP contribution in [0, 0.1) is 5.92 Å². The number of carbonyl (C=O) groups excluding carboxylic acids is 1. The summed E-state index contributed by atoms with van der Waals surface area (Å²) in [4.78, 5) is 14.0. The summed E-state index contributed by atoms with van der Waals surface area (Å²) in [6, 6.07) is 0. The lowest BCUT2D eigenvalue weighted by Crippen LogP contribution is -2.56. The van der Waals surface area contributed by atoms with Crippen LogP contribution in [0.25, 0.3) is 0 Å². The third-order valence-electron chi connectivity index (χ3n) is 3.58. The summed E-state index contributed by atoms with van der Waals surface area (Å²) in [7, 11) is -3.11. The monoisotopic (exact) mass is 260 g/mol. The Kier molecular flexibility index (Phi) is 3.73. The van der Waals surface area contributed by atoms with Crippen molar-refractivity contribution in [3.05, 3.63) is 0 Å². The molecule has 2 rings (SSSR count). The maximum Gasteiger partial charge on any atom is 0.228 e. The number of amides is 1. The number of hydrogen-bond acceptors (Lipinski definition) is 3. The Morgan fingerprint density at radius 2 is 1.59 bits per heavy atom. The number of carbonyl (C=O) groups is 1. The van der Waals surface area contributed by atoms with Crippen molar-refractivity contribution in [3.63, 3.8) is 0 Å². The molecule has 0 atom stereocenters. The Bertz CT molecular complexity index is 380. The van der Waals surface area contributed by atoms with Gasteiger partial charge in [0.25, 0.3) is 0 Å². The molecule has 2 aliphatic rings. The predicted molar refractivity (Wildman–Crippen MR) is 65.0 cm³/mol. The van der Waals surface area contributed by atoms with Gasteiger partial charge in [-0.15, -0.1) is 0 Å². The normalized spacial score (nSPS) is 24.2. The lowest BCUT2D eigenvalue weighted by Gasteiger charge is -2.38. The zero-order valence-corrected chi connectivity index (χ0v) is 11.1. The molecule has 2 heterocycles. The summed E-state index contributed by atoms with van der Waals surface area (Å²) in [6.45, 7) is 2.42. The van der Waals surface area contributed by atoms with E-state index in [1.807, 2.05) is 4.90 Å². The van der Waals surface area contributed by atoms with Gasteiger partial charge in [0.2, 0.25) is 15.9 Å². The van der Waals surface area contributed by atoms with Crippen molar-refractivity contribution in [2.45, 2.75) is 25.7 Å². The highest BCUT2D eigenvalue weighted by atomic mass is 32.2. The van der Waals surface area contributed by atoms with E-state index in [2.05, 4.69) is 0 Å². The van der Waals surface area contributed by atoms with Gasteiger partial charge in [-0.3, -0.25) is 4.79 Å². The van der Waals surface area contributed by atoms with E-state index in [1.54, 1.807) is 0 Å². The second kappa shape index (κ2) is 4.94. The van der Waals surface area contributed by atoms with Crippen LogP contribution in [0.2, 0.25) is 0 Å². The molecular formula is C11H20N2O3S. The van der Waals surface area contributed by atoms with Crippen molar-refractivity contribution in [1.29, 1.82) is 0 Å². The highest BCUT2D eigenvalue weighted by Crippen LogP contribution is 2.22. The lowest BCUT2D eigenvalue weighted by molar-refractivity contribution is -0.138. The van der Waals surface area contributed by atoms with Crippen LogP contribution in [-0.4, -0.2) is 56.0 Å². The molecule has 98 valence electrons. The number of rotatable bonds is 2. The van der Waals surface area contributed by atoms with Gasteiger partial charge in [0, 0.05) is 26.2 Å². The van der Waals surface area contributed by atoms with Crippen molar-refractivity contribution in [2.24, 2.45) is 5.92 Å². The van der Waals surface area contributed by atoms with E-state index in [4.69, 9.17) is 0 Å². The van der Waals surface area contributed by atoms with E-state index in [9.17, 15) is 13.2 Å². The number of likely N-dealkylation sites (tertiary alicyclic amines) is 1. The molecule has 0 aromatic carbocycles. The topological polar surface area (TPSA) is 57.7 Å². The maximum atomic E-state index is 12.1. The number of hydrogen-bond donors (Lipinski definition) is 0.